The highest BCUT2D eigenvalue weighted by molar-refractivity contribution is 9.10. The fourth-order valence-corrected chi connectivity index (χ4v) is 2.38. The van der Waals surface area contributed by atoms with E-state index in [1.165, 1.54) is 6.20 Å². The third-order valence-electron chi connectivity index (χ3n) is 3.35. The number of benzene rings is 1. The second-order valence-electron chi connectivity index (χ2n) is 5.09. The van der Waals surface area contributed by atoms with Crippen molar-refractivity contribution in [3.63, 3.8) is 0 Å². The summed E-state index contributed by atoms with van der Waals surface area (Å²) in [5.41, 5.74) is 1.99. The van der Waals surface area contributed by atoms with Gasteiger partial charge in [-0.05, 0) is 24.3 Å². The number of carbonyl (C=O) groups is 1. The third kappa shape index (κ3) is 3.90. The van der Waals surface area contributed by atoms with Crippen LogP contribution in [0.1, 0.15) is 10.4 Å². The molecule has 0 aliphatic heterocycles. The van der Waals surface area contributed by atoms with E-state index in [1.54, 1.807) is 35.1 Å². The van der Waals surface area contributed by atoms with Gasteiger partial charge in [0.25, 0.3) is 5.91 Å². The van der Waals surface area contributed by atoms with E-state index in [0.29, 0.717) is 24.4 Å². The van der Waals surface area contributed by atoms with Crippen molar-refractivity contribution in [2.45, 2.75) is 6.54 Å². The lowest BCUT2D eigenvalue weighted by atomic mass is 10.3. The minimum absolute atomic E-state index is 0.232. The van der Waals surface area contributed by atoms with Crippen LogP contribution in [0.5, 0.6) is 0 Å². The highest BCUT2D eigenvalue weighted by Crippen LogP contribution is 2.15. The summed E-state index contributed by atoms with van der Waals surface area (Å²) in [6.07, 6.45) is 6.59. The van der Waals surface area contributed by atoms with Crippen LogP contribution < -0.4 is 5.32 Å². The van der Waals surface area contributed by atoms with Crippen molar-refractivity contribution < 1.29 is 9.53 Å². The second kappa shape index (κ2) is 7.41. The first-order chi connectivity index (χ1) is 11.7. The second-order valence-corrected chi connectivity index (χ2v) is 6.00. The van der Waals surface area contributed by atoms with Gasteiger partial charge in [-0.15, -0.1) is 0 Å². The van der Waals surface area contributed by atoms with E-state index in [0.717, 1.165) is 10.2 Å². The molecule has 0 saturated heterocycles. The van der Waals surface area contributed by atoms with E-state index >= 15 is 0 Å². The van der Waals surface area contributed by atoms with Crippen LogP contribution in [0.15, 0.2) is 53.5 Å². The molecule has 0 aliphatic carbocycles. The van der Waals surface area contributed by atoms with Gasteiger partial charge < -0.3 is 10.1 Å². The molecule has 0 radical (unpaired) electrons. The molecule has 3 aromatic rings. The Morgan fingerprint density at radius 3 is 2.75 bits per heavy atom. The van der Waals surface area contributed by atoms with Crippen LogP contribution in [0.3, 0.4) is 0 Å². The SMILES string of the molecule is COCCn1cc(NC(=O)c2cnn(-c3ccc(Br)cc3)c2)cn1. The van der Waals surface area contributed by atoms with Crippen molar-refractivity contribution >= 4 is 27.5 Å². The van der Waals surface area contributed by atoms with E-state index in [2.05, 4.69) is 31.4 Å². The molecule has 2 heterocycles. The molecule has 124 valence electrons. The van der Waals surface area contributed by atoms with Gasteiger partial charge in [-0.3, -0.25) is 9.48 Å². The van der Waals surface area contributed by atoms with E-state index in [1.807, 2.05) is 24.3 Å². The number of methoxy groups -OCH3 is 1. The van der Waals surface area contributed by atoms with Gasteiger partial charge in [0, 0.05) is 24.0 Å². The molecule has 1 aromatic carbocycles. The average Bonchev–Trinajstić information content (AvgIpc) is 3.23. The minimum atomic E-state index is -0.232. The van der Waals surface area contributed by atoms with Gasteiger partial charge in [0.05, 0.1) is 42.5 Å². The van der Waals surface area contributed by atoms with Gasteiger partial charge in [-0.25, -0.2) is 4.68 Å². The zero-order valence-electron chi connectivity index (χ0n) is 13.0. The summed E-state index contributed by atoms with van der Waals surface area (Å²) in [6.45, 7) is 1.20. The Hall–Kier alpha value is -2.45. The quantitative estimate of drug-likeness (QED) is 0.703. The summed E-state index contributed by atoms with van der Waals surface area (Å²) in [4.78, 5) is 12.3. The van der Waals surface area contributed by atoms with Crippen molar-refractivity contribution in [3.05, 3.63) is 59.1 Å². The molecule has 0 aliphatic rings. The van der Waals surface area contributed by atoms with Gasteiger partial charge in [-0.2, -0.15) is 10.2 Å². The van der Waals surface area contributed by atoms with Crippen LogP contribution in [-0.2, 0) is 11.3 Å². The van der Waals surface area contributed by atoms with Crippen molar-refractivity contribution in [2.75, 3.05) is 19.0 Å². The van der Waals surface area contributed by atoms with Crippen LogP contribution in [-0.4, -0.2) is 39.2 Å². The molecule has 0 spiro atoms. The average molecular weight is 390 g/mol. The Morgan fingerprint density at radius 2 is 2.00 bits per heavy atom. The first kappa shape index (κ1) is 16.4. The zero-order valence-corrected chi connectivity index (χ0v) is 14.6. The van der Waals surface area contributed by atoms with Crippen molar-refractivity contribution in [3.8, 4) is 5.69 Å². The summed E-state index contributed by atoms with van der Waals surface area (Å²) in [6, 6.07) is 7.67. The van der Waals surface area contributed by atoms with Crippen molar-refractivity contribution in [2.24, 2.45) is 0 Å². The normalized spacial score (nSPS) is 10.8. The number of nitrogens with one attached hydrogen (secondary N) is 1. The van der Waals surface area contributed by atoms with Gasteiger partial charge >= 0.3 is 0 Å². The maximum atomic E-state index is 12.3. The summed E-state index contributed by atoms with van der Waals surface area (Å²) in [5.74, 6) is -0.232. The number of hydrogen-bond acceptors (Lipinski definition) is 4. The molecule has 3 rings (SSSR count). The molecule has 0 saturated carbocycles. The van der Waals surface area contributed by atoms with E-state index in [-0.39, 0.29) is 5.91 Å². The standard InChI is InChI=1S/C16H16BrN5O2/c1-24-7-6-21-11-14(9-18-21)20-16(23)12-8-19-22(10-12)15-4-2-13(17)3-5-15/h2-5,8-11H,6-7H2,1H3,(H,20,23). The van der Waals surface area contributed by atoms with Gasteiger partial charge in [0.2, 0.25) is 0 Å². The Labute approximate surface area is 147 Å². The smallest absolute Gasteiger partial charge is 0.258 e. The van der Waals surface area contributed by atoms with E-state index in [4.69, 9.17) is 4.74 Å². The first-order valence-corrected chi connectivity index (χ1v) is 8.08. The van der Waals surface area contributed by atoms with Gasteiger partial charge in [-0.1, -0.05) is 15.9 Å². The highest BCUT2D eigenvalue weighted by Gasteiger charge is 2.11. The predicted molar refractivity (Wildman–Crippen MR) is 93.3 cm³/mol. The van der Waals surface area contributed by atoms with Crippen LogP contribution >= 0.6 is 15.9 Å². The Balaban J connectivity index is 1.67. The number of halogens is 1. The van der Waals surface area contributed by atoms with Crippen LogP contribution in [0.25, 0.3) is 5.69 Å². The number of aromatic nitrogens is 4. The molecular weight excluding hydrogens is 374 g/mol. The number of nitrogens with zero attached hydrogens (tertiary/aromatic N) is 4. The number of amides is 1. The Kier molecular flexibility index (Phi) is 5.07. The largest absolute Gasteiger partial charge is 0.383 e. The highest BCUT2D eigenvalue weighted by atomic mass is 79.9. The topological polar surface area (TPSA) is 74.0 Å². The zero-order chi connectivity index (χ0) is 16.9. The first-order valence-electron chi connectivity index (χ1n) is 7.29. The number of rotatable bonds is 6. The molecule has 8 heteroatoms. The molecule has 7 nitrogen and oxygen atoms in total. The number of hydrogen-bond donors (Lipinski definition) is 1. The fourth-order valence-electron chi connectivity index (χ4n) is 2.11. The molecular formula is C16H16BrN5O2. The number of anilines is 1. The summed E-state index contributed by atoms with van der Waals surface area (Å²) < 4.78 is 9.35. The molecule has 24 heavy (non-hydrogen) atoms. The lowest BCUT2D eigenvalue weighted by Crippen LogP contribution is -2.10. The number of ether oxygens (including phenoxy) is 1. The van der Waals surface area contributed by atoms with Crippen molar-refractivity contribution in [1.82, 2.24) is 19.6 Å². The lowest BCUT2D eigenvalue weighted by molar-refractivity contribution is 0.102. The predicted octanol–water partition coefficient (Wildman–Crippen LogP) is 2.73. The van der Waals surface area contributed by atoms with Crippen LogP contribution in [0.2, 0.25) is 0 Å². The summed E-state index contributed by atoms with van der Waals surface area (Å²) in [7, 11) is 1.63. The molecule has 0 unspecified atom stereocenters. The van der Waals surface area contributed by atoms with E-state index in [9.17, 15) is 4.79 Å². The van der Waals surface area contributed by atoms with E-state index < -0.39 is 0 Å². The monoisotopic (exact) mass is 389 g/mol. The number of carbonyl (C=O) groups excluding carboxylic acids is 1. The van der Waals surface area contributed by atoms with Crippen LogP contribution in [0, 0.1) is 0 Å². The Bertz CT molecular complexity index is 825. The maximum absolute atomic E-state index is 12.3. The third-order valence-corrected chi connectivity index (χ3v) is 3.88. The molecule has 2 aromatic heterocycles. The van der Waals surface area contributed by atoms with Crippen LogP contribution in [0.4, 0.5) is 5.69 Å². The van der Waals surface area contributed by atoms with Gasteiger partial charge in [0.1, 0.15) is 0 Å². The summed E-state index contributed by atoms with van der Waals surface area (Å²) in [5, 5.41) is 11.2. The molecule has 0 atom stereocenters. The minimum Gasteiger partial charge on any atom is -0.383 e. The molecule has 0 fully saturated rings. The molecule has 1 N–H and O–H groups in total. The lowest BCUT2D eigenvalue weighted by Gasteiger charge is -2.01. The van der Waals surface area contributed by atoms with Crippen molar-refractivity contribution in [1.29, 1.82) is 0 Å². The maximum Gasteiger partial charge on any atom is 0.258 e. The molecule has 0 bridgehead atoms. The molecule has 1 amide bonds. The fraction of sp³-hybridized carbons (Fsp3) is 0.188. The summed E-state index contributed by atoms with van der Waals surface area (Å²) >= 11 is 3.39. The Morgan fingerprint density at radius 1 is 1.21 bits per heavy atom. The van der Waals surface area contributed by atoms with Gasteiger partial charge in [0.15, 0.2) is 0 Å².